The van der Waals surface area contributed by atoms with Crippen LogP contribution in [0.25, 0.3) is 10.6 Å². The number of piperazine rings is 1. The maximum Gasteiger partial charge on any atom is 0.230 e. The molecule has 2 saturated heterocycles. The highest BCUT2D eigenvalue weighted by atomic mass is 32.1. The van der Waals surface area contributed by atoms with Gasteiger partial charge >= 0.3 is 0 Å². The number of nitrogens with zero attached hydrogens (tertiary/aromatic N) is 4. The van der Waals surface area contributed by atoms with Crippen LogP contribution < -0.4 is 10.2 Å². The summed E-state index contributed by atoms with van der Waals surface area (Å²) in [6, 6.07) is 16.9. The summed E-state index contributed by atoms with van der Waals surface area (Å²) in [7, 11) is 2.18. The van der Waals surface area contributed by atoms with Crippen molar-refractivity contribution in [1.82, 2.24) is 14.8 Å². The van der Waals surface area contributed by atoms with Gasteiger partial charge in [0, 0.05) is 68.1 Å². The van der Waals surface area contributed by atoms with Crippen LogP contribution in [0.15, 0.2) is 53.9 Å². The van der Waals surface area contributed by atoms with E-state index < -0.39 is 0 Å². The summed E-state index contributed by atoms with van der Waals surface area (Å²) < 4.78 is 0. The lowest BCUT2D eigenvalue weighted by Crippen LogP contribution is -2.43. The van der Waals surface area contributed by atoms with E-state index in [-0.39, 0.29) is 12.3 Å². The second-order valence-corrected chi connectivity index (χ2v) is 10.6. The molecule has 2 aliphatic rings. The molecule has 184 valence electrons. The summed E-state index contributed by atoms with van der Waals surface area (Å²) in [5, 5.41) is 6.00. The molecule has 0 aliphatic carbocycles. The summed E-state index contributed by atoms with van der Waals surface area (Å²) in [6.45, 7) is 7.68. The van der Waals surface area contributed by atoms with Gasteiger partial charge in [0.2, 0.25) is 5.91 Å². The van der Waals surface area contributed by atoms with Crippen molar-refractivity contribution in [3.63, 3.8) is 0 Å². The molecule has 0 atom stereocenters. The second kappa shape index (κ2) is 11.3. The Morgan fingerprint density at radius 2 is 1.74 bits per heavy atom. The van der Waals surface area contributed by atoms with E-state index in [1.54, 1.807) is 11.3 Å². The van der Waals surface area contributed by atoms with E-state index in [9.17, 15) is 4.79 Å². The number of aromatic nitrogens is 1. The summed E-state index contributed by atoms with van der Waals surface area (Å²) >= 11 is 1.61. The van der Waals surface area contributed by atoms with Crippen molar-refractivity contribution in [2.75, 3.05) is 56.5 Å². The van der Waals surface area contributed by atoms with Crippen molar-refractivity contribution in [2.24, 2.45) is 0 Å². The van der Waals surface area contributed by atoms with Gasteiger partial charge in [-0.1, -0.05) is 18.2 Å². The monoisotopic (exact) mass is 489 g/mol. The molecule has 2 fully saturated rings. The minimum Gasteiger partial charge on any atom is -0.372 e. The third-order valence-corrected chi connectivity index (χ3v) is 7.88. The average molecular weight is 490 g/mol. The van der Waals surface area contributed by atoms with Gasteiger partial charge in [-0.05, 0) is 62.2 Å². The third-order valence-electron chi connectivity index (χ3n) is 6.94. The average Bonchev–Trinajstić information content (AvgIpc) is 3.35. The number of hydrogen-bond acceptors (Lipinski definition) is 6. The van der Waals surface area contributed by atoms with Gasteiger partial charge in [0.15, 0.2) is 0 Å². The number of hydrogen-bond donors (Lipinski definition) is 1. The smallest absolute Gasteiger partial charge is 0.230 e. The molecule has 7 heteroatoms. The van der Waals surface area contributed by atoms with Crippen LogP contribution in [0.4, 0.5) is 11.4 Å². The quantitative estimate of drug-likeness (QED) is 0.520. The number of thiazole rings is 1. The Morgan fingerprint density at radius 1 is 0.971 bits per heavy atom. The van der Waals surface area contributed by atoms with Crippen LogP contribution in [-0.4, -0.2) is 67.0 Å². The molecular weight excluding hydrogens is 454 g/mol. The first-order chi connectivity index (χ1) is 17.1. The van der Waals surface area contributed by atoms with Crippen LogP contribution in [0.5, 0.6) is 0 Å². The molecule has 1 amide bonds. The maximum atomic E-state index is 12.6. The first-order valence-electron chi connectivity index (χ1n) is 12.7. The lowest BCUT2D eigenvalue weighted by molar-refractivity contribution is -0.115. The normalized spacial score (nSPS) is 17.5. The number of likely N-dealkylation sites (N-methyl/N-ethyl adjacent to an activating group) is 1. The molecule has 1 N–H and O–H groups in total. The summed E-state index contributed by atoms with van der Waals surface area (Å²) in [5.74, 6) is -0.0311. The van der Waals surface area contributed by atoms with Gasteiger partial charge in [0.05, 0.1) is 12.1 Å². The number of carbonyl (C=O) groups excluding carboxylic acids is 1. The highest BCUT2D eigenvalue weighted by molar-refractivity contribution is 7.13. The lowest BCUT2D eigenvalue weighted by Gasteiger charge is -2.32. The molecule has 0 saturated carbocycles. The largest absolute Gasteiger partial charge is 0.372 e. The standard InChI is InChI=1S/C28H35N5OS/c1-31-14-16-32(17-15-31)20-22-6-5-7-23(18-22)28-30-25(21-35-28)19-27(34)29-24-8-10-26(11-9-24)33-12-3-2-4-13-33/h5-11,18,21H,2-4,12-17,19-20H2,1H3,(H,29,34). The number of nitrogens with one attached hydrogen (secondary N) is 1. The molecule has 1 aromatic heterocycles. The Hall–Kier alpha value is -2.74. The number of amides is 1. The van der Waals surface area contributed by atoms with E-state index in [1.165, 1.54) is 30.5 Å². The Bertz CT molecular complexity index is 1110. The first-order valence-corrected chi connectivity index (χ1v) is 13.6. The van der Waals surface area contributed by atoms with Gasteiger partial charge in [-0.15, -0.1) is 11.3 Å². The minimum atomic E-state index is -0.0311. The van der Waals surface area contributed by atoms with Gasteiger partial charge in [-0.3, -0.25) is 9.69 Å². The van der Waals surface area contributed by atoms with Crippen molar-refractivity contribution in [2.45, 2.75) is 32.2 Å². The zero-order valence-corrected chi connectivity index (χ0v) is 21.4. The zero-order valence-electron chi connectivity index (χ0n) is 20.6. The molecule has 2 aliphatic heterocycles. The fourth-order valence-electron chi connectivity index (χ4n) is 4.87. The molecule has 3 aromatic rings. The van der Waals surface area contributed by atoms with E-state index in [0.29, 0.717) is 0 Å². The van der Waals surface area contributed by atoms with Crippen molar-refractivity contribution in [3.8, 4) is 10.6 Å². The van der Waals surface area contributed by atoms with E-state index in [2.05, 4.69) is 63.5 Å². The SMILES string of the molecule is CN1CCN(Cc2cccc(-c3nc(CC(=O)Nc4ccc(N5CCCCC5)cc4)cs3)c2)CC1. The van der Waals surface area contributed by atoms with Crippen LogP contribution >= 0.6 is 11.3 Å². The zero-order chi connectivity index (χ0) is 24.0. The molecule has 0 bridgehead atoms. The van der Waals surface area contributed by atoms with Crippen molar-refractivity contribution < 1.29 is 4.79 Å². The molecule has 2 aromatic carbocycles. The Morgan fingerprint density at radius 3 is 2.51 bits per heavy atom. The van der Waals surface area contributed by atoms with Gasteiger partial charge < -0.3 is 15.1 Å². The van der Waals surface area contributed by atoms with Crippen LogP contribution in [0.2, 0.25) is 0 Å². The predicted octanol–water partition coefficient (Wildman–Crippen LogP) is 4.73. The lowest BCUT2D eigenvalue weighted by atomic mass is 10.1. The summed E-state index contributed by atoms with van der Waals surface area (Å²) in [5.41, 5.74) is 5.33. The van der Waals surface area contributed by atoms with Crippen LogP contribution in [0, 0.1) is 0 Å². The van der Waals surface area contributed by atoms with Crippen molar-refractivity contribution in [1.29, 1.82) is 0 Å². The highest BCUT2D eigenvalue weighted by Gasteiger charge is 2.15. The molecule has 3 heterocycles. The Kier molecular flexibility index (Phi) is 7.76. The highest BCUT2D eigenvalue weighted by Crippen LogP contribution is 2.26. The first kappa shape index (κ1) is 24.0. The number of benzene rings is 2. The van der Waals surface area contributed by atoms with E-state index in [4.69, 9.17) is 4.98 Å². The number of piperidine rings is 1. The number of carbonyl (C=O) groups is 1. The van der Waals surface area contributed by atoms with Crippen LogP contribution in [0.3, 0.4) is 0 Å². The van der Waals surface area contributed by atoms with Crippen LogP contribution in [0.1, 0.15) is 30.5 Å². The van der Waals surface area contributed by atoms with Gasteiger partial charge in [0.1, 0.15) is 5.01 Å². The van der Waals surface area contributed by atoms with Crippen molar-refractivity contribution in [3.05, 3.63) is 65.2 Å². The maximum absolute atomic E-state index is 12.6. The van der Waals surface area contributed by atoms with E-state index in [0.717, 1.165) is 67.8 Å². The molecule has 6 nitrogen and oxygen atoms in total. The van der Waals surface area contributed by atoms with Gasteiger partial charge in [0.25, 0.3) is 0 Å². The number of rotatable bonds is 7. The summed E-state index contributed by atoms with van der Waals surface area (Å²) in [4.78, 5) is 24.7. The van der Waals surface area contributed by atoms with Crippen LogP contribution in [-0.2, 0) is 17.8 Å². The molecule has 0 radical (unpaired) electrons. The summed E-state index contributed by atoms with van der Waals surface area (Å²) in [6.07, 6.45) is 4.12. The fraction of sp³-hybridized carbons (Fsp3) is 0.429. The molecule has 0 unspecified atom stereocenters. The molecule has 35 heavy (non-hydrogen) atoms. The van der Waals surface area contributed by atoms with E-state index in [1.807, 2.05) is 17.5 Å². The van der Waals surface area contributed by atoms with Crippen molar-refractivity contribution >= 4 is 28.6 Å². The molecule has 0 spiro atoms. The fourth-order valence-corrected chi connectivity index (χ4v) is 5.68. The topological polar surface area (TPSA) is 51.7 Å². The Balaban J connectivity index is 1.16. The Labute approximate surface area is 212 Å². The molecular formula is C28H35N5OS. The second-order valence-electron chi connectivity index (χ2n) is 9.74. The minimum absolute atomic E-state index is 0.0311. The third kappa shape index (κ3) is 6.48. The van der Waals surface area contributed by atoms with Gasteiger partial charge in [-0.2, -0.15) is 0 Å². The number of anilines is 2. The van der Waals surface area contributed by atoms with E-state index >= 15 is 0 Å². The molecule has 5 rings (SSSR count). The predicted molar refractivity (Wildman–Crippen MR) is 145 cm³/mol. The van der Waals surface area contributed by atoms with Gasteiger partial charge in [-0.25, -0.2) is 4.98 Å².